The van der Waals surface area contributed by atoms with Gasteiger partial charge in [0.15, 0.2) is 0 Å². The molecule has 6 heteroatoms. The normalized spacial score (nSPS) is 11.8. The molecule has 0 bridgehead atoms. The molecule has 0 fully saturated rings. The predicted molar refractivity (Wildman–Crippen MR) is 103 cm³/mol. The van der Waals surface area contributed by atoms with Crippen molar-refractivity contribution in [2.75, 3.05) is 13.7 Å². The van der Waals surface area contributed by atoms with Gasteiger partial charge in [-0.3, -0.25) is 4.79 Å². The molecule has 0 aliphatic rings. The Kier molecular flexibility index (Phi) is 7.73. The summed E-state index contributed by atoms with van der Waals surface area (Å²) < 4.78 is 5.23. The molecule has 0 aliphatic carbocycles. The zero-order valence-electron chi connectivity index (χ0n) is 14.5. The van der Waals surface area contributed by atoms with Crippen molar-refractivity contribution in [2.24, 2.45) is 5.73 Å². The molecule has 0 radical (unpaired) electrons. The van der Waals surface area contributed by atoms with E-state index in [-0.39, 0.29) is 24.4 Å². The molecule has 132 valence electrons. The average molecular weight is 369 g/mol. The summed E-state index contributed by atoms with van der Waals surface area (Å²) in [6.45, 7) is 6.66. The smallest absolute Gasteiger partial charge is 0.265 e. The minimum atomic E-state index is -0.229. The molecule has 1 aromatic heterocycles. The molecule has 3 N–H and O–H groups in total. The highest BCUT2D eigenvalue weighted by Crippen LogP contribution is 2.28. The maximum atomic E-state index is 12.3. The summed E-state index contributed by atoms with van der Waals surface area (Å²) in [5.74, 6) is 0.962. The number of aryl methyl sites for hydroxylation is 1. The largest absolute Gasteiger partial charge is 0.495 e. The van der Waals surface area contributed by atoms with Gasteiger partial charge in [-0.05, 0) is 30.0 Å². The Bertz CT molecular complexity index is 668. The van der Waals surface area contributed by atoms with E-state index in [9.17, 15) is 4.79 Å². The molecule has 2 rings (SSSR count). The first-order valence-corrected chi connectivity index (χ1v) is 8.52. The van der Waals surface area contributed by atoms with Crippen LogP contribution in [0.2, 0.25) is 0 Å². The fraction of sp³-hybridized carbons (Fsp3) is 0.389. The number of thiophene rings is 1. The zero-order valence-corrected chi connectivity index (χ0v) is 16.1. The SMILES string of the molecule is COc1cc(C)sc1C(=O)NCC(N)c1ccc(C(C)C)cc1.Cl. The number of nitrogens with one attached hydrogen (secondary N) is 1. The van der Waals surface area contributed by atoms with E-state index in [2.05, 4.69) is 31.3 Å². The molecular weight excluding hydrogens is 344 g/mol. The fourth-order valence-corrected chi connectivity index (χ4v) is 3.23. The maximum absolute atomic E-state index is 12.3. The number of ether oxygens (including phenoxy) is 1. The van der Waals surface area contributed by atoms with Crippen molar-refractivity contribution in [3.8, 4) is 5.75 Å². The number of rotatable bonds is 6. The van der Waals surface area contributed by atoms with Gasteiger partial charge >= 0.3 is 0 Å². The van der Waals surface area contributed by atoms with Crippen LogP contribution in [0.5, 0.6) is 5.75 Å². The van der Waals surface area contributed by atoms with Gasteiger partial charge in [-0.25, -0.2) is 0 Å². The molecule has 24 heavy (non-hydrogen) atoms. The summed E-state index contributed by atoms with van der Waals surface area (Å²) in [6, 6.07) is 9.88. The molecule has 2 aromatic rings. The van der Waals surface area contributed by atoms with Gasteiger partial charge < -0.3 is 15.8 Å². The molecule has 0 spiro atoms. The number of carbonyl (C=O) groups is 1. The van der Waals surface area contributed by atoms with Crippen LogP contribution >= 0.6 is 23.7 Å². The number of methoxy groups -OCH3 is 1. The first-order valence-electron chi connectivity index (χ1n) is 7.70. The predicted octanol–water partition coefficient (Wildman–Crippen LogP) is 4.04. The third-order valence-electron chi connectivity index (χ3n) is 3.76. The van der Waals surface area contributed by atoms with E-state index in [4.69, 9.17) is 10.5 Å². The second kappa shape index (κ2) is 9.06. The zero-order chi connectivity index (χ0) is 17.0. The van der Waals surface area contributed by atoms with Crippen molar-refractivity contribution in [1.29, 1.82) is 0 Å². The first-order chi connectivity index (χ1) is 10.9. The van der Waals surface area contributed by atoms with E-state index >= 15 is 0 Å². The monoisotopic (exact) mass is 368 g/mol. The van der Waals surface area contributed by atoms with Crippen LogP contribution in [-0.2, 0) is 0 Å². The molecule has 4 nitrogen and oxygen atoms in total. The molecule has 0 saturated carbocycles. The van der Waals surface area contributed by atoms with Crippen molar-refractivity contribution in [3.63, 3.8) is 0 Å². The Balaban J connectivity index is 0.00000288. The second-order valence-corrected chi connectivity index (χ2v) is 7.15. The van der Waals surface area contributed by atoms with Crippen molar-refractivity contribution < 1.29 is 9.53 Å². The van der Waals surface area contributed by atoms with Crippen LogP contribution < -0.4 is 15.8 Å². The van der Waals surface area contributed by atoms with Gasteiger partial charge in [-0.1, -0.05) is 38.1 Å². The summed E-state index contributed by atoms with van der Waals surface area (Å²) in [7, 11) is 1.57. The molecule has 1 heterocycles. The van der Waals surface area contributed by atoms with Crippen LogP contribution in [-0.4, -0.2) is 19.6 Å². The number of halogens is 1. The second-order valence-electron chi connectivity index (χ2n) is 5.89. The van der Waals surface area contributed by atoms with E-state index < -0.39 is 0 Å². The van der Waals surface area contributed by atoms with Crippen molar-refractivity contribution >= 4 is 29.7 Å². The third-order valence-corrected chi connectivity index (χ3v) is 4.79. The van der Waals surface area contributed by atoms with E-state index in [1.165, 1.54) is 16.9 Å². The molecule has 1 unspecified atom stereocenters. The number of benzene rings is 1. The quantitative estimate of drug-likeness (QED) is 0.808. The van der Waals surface area contributed by atoms with Gasteiger partial charge in [-0.15, -0.1) is 23.7 Å². The highest BCUT2D eigenvalue weighted by Gasteiger charge is 2.17. The van der Waals surface area contributed by atoms with E-state index in [0.717, 1.165) is 10.4 Å². The topological polar surface area (TPSA) is 64.3 Å². The summed E-state index contributed by atoms with van der Waals surface area (Å²) in [6.07, 6.45) is 0. The number of hydrogen-bond acceptors (Lipinski definition) is 4. The van der Waals surface area contributed by atoms with Gasteiger partial charge in [-0.2, -0.15) is 0 Å². The molecule has 1 aromatic carbocycles. The first kappa shape index (κ1) is 20.5. The van der Waals surface area contributed by atoms with Crippen molar-refractivity contribution in [3.05, 3.63) is 51.2 Å². The van der Waals surface area contributed by atoms with Gasteiger partial charge in [0, 0.05) is 17.5 Å². The lowest BCUT2D eigenvalue weighted by molar-refractivity contribution is 0.0952. The van der Waals surface area contributed by atoms with Crippen LogP contribution in [0, 0.1) is 6.92 Å². The molecule has 0 saturated heterocycles. The Hall–Kier alpha value is -1.56. The van der Waals surface area contributed by atoms with E-state index in [0.29, 0.717) is 23.1 Å². The standard InChI is InChI=1S/C18H24N2O2S.ClH/c1-11(2)13-5-7-14(8-6-13)15(19)10-20-18(21)17-16(22-4)9-12(3)23-17;/h5-9,11,15H,10,19H2,1-4H3,(H,20,21);1H. The van der Waals surface area contributed by atoms with Crippen LogP contribution in [0.1, 0.15) is 51.5 Å². The van der Waals surface area contributed by atoms with Crippen molar-refractivity contribution in [1.82, 2.24) is 5.32 Å². The Morgan fingerprint density at radius 2 is 1.83 bits per heavy atom. The Morgan fingerprint density at radius 3 is 2.38 bits per heavy atom. The highest BCUT2D eigenvalue weighted by atomic mass is 35.5. The van der Waals surface area contributed by atoms with Crippen LogP contribution in [0.25, 0.3) is 0 Å². The third kappa shape index (κ3) is 4.97. The summed E-state index contributed by atoms with van der Waals surface area (Å²) in [4.78, 5) is 13.9. The lowest BCUT2D eigenvalue weighted by Gasteiger charge is -2.14. The maximum Gasteiger partial charge on any atom is 0.265 e. The van der Waals surface area contributed by atoms with Gasteiger partial charge in [0.2, 0.25) is 0 Å². The number of hydrogen-bond donors (Lipinski definition) is 2. The van der Waals surface area contributed by atoms with Gasteiger partial charge in [0.1, 0.15) is 10.6 Å². The summed E-state index contributed by atoms with van der Waals surface area (Å²) >= 11 is 1.42. The van der Waals surface area contributed by atoms with Crippen molar-refractivity contribution in [2.45, 2.75) is 32.7 Å². The van der Waals surface area contributed by atoms with Crippen LogP contribution in [0.3, 0.4) is 0 Å². The highest BCUT2D eigenvalue weighted by molar-refractivity contribution is 7.14. The van der Waals surface area contributed by atoms with E-state index in [1.807, 2.05) is 25.1 Å². The number of carbonyl (C=O) groups excluding carboxylic acids is 1. The molecule has 0 aliphatic heterocycles. The molecule has 1 atom stereocenters. The average Bonchev–Trinajstić information content (AvgIpc) is 2.93. The number of amides is 1. The fourth-order valence-electron chi connectivity index (χ4n) is 2.33. The Morgan fingerprint density at radius 1 is 1.25 bits per heavy atom. The summed E-state index contributed by atoms with van der Waals surface area (Å²) in [5.41, 5.74) is 8.48. The molecule has 1 amide bonds. The number of nitrogens with two attached hydrogens (primary N) is 1. The minimum absolute atomic E-state index is 0. The summed E-state index contributed by atoms with van der Waals surface area (Å²) in [5, 5.41) is 2.89. The lowest BCUT2D eigenvalue weighted by Crippen LogP contribution is -2.31. The lowest BCUT2D eigenvalue weighted by atomic mass is 9.99. The van der Waals surface area contributed by atoms with Gasteiger partial charge in [0.25, 0.3) is 5.91 Å². The van der Waals surface area contributed by atoms with E-state index in [1.54, 1.807) is 7.11 Å². The van der Waals surface area contributed by atoms with Crippen LogP contribution in [0.15, 0.2) is 30.3 Å². The van der Waals surface area contributed by atoms with Crippen LogP contribution in [0.4, 0.5) is 0 Å². The van der Waals surface area contributed by atoms with Gasteiger partial charge in [0.05, 0.1) is 7.11 Å². The minimum Gasteiger partial charge on any atom is -0.495 e. The molecular formula is C18H25ClN2O2S. The Labute approximate surface area is 153 Å².